The zero-order valence-corrected chi connectivity index (χ0v) is 17.6. The fraction of sp³-hybridized carbons (Fsp3) is 0.381. The molecule has 2 N–H and O–H groups in total. The number of carbonyl (C=O) groups is 1. The molecule has 0 saturated carbocycles. The Balaban J connectivity index is 1.74. The Kier molecular flexibility index (Phi) is 7.76. The highest BCUT2D eigenvalue weighted by atomic mass is 32.2. The first-order valence-electron chi connectivity index (χ1n) is 9.52. The summed E-state index contributed by atoms with van der Waals surface area (Å²) >= 11 is 0. The van der Waals surface area contributed by atoms with Crippen molar-refractivity contribution in [1.29, 1.82) is 0 Å². The molecule has 0 amide bonds. The minimum absolute atomic E-state index is 0.0740. The minimum Gasteiger partial charge on any atom is -0.459 e. The Bertz CT molecular complexity index is 949. The molecule has 2 unspecified atom stereocenters. The van der Waals surface area contributed by atoms with Gasteiger partial charge < -0.3 is 24.4 Å². The SMILES string of the molecule is CS(=O)(=O)O[C@@H](COC(=O)c1ccccc1)[C@H]1OC(O)C(O)[C@@H]1OCc1ccccc1. The summed E-state index contributed by atoms with van der Waals surface area (Å²) in [6.07, 6.45) is -5.94. The van der Waals surface area contributed by atoms with Crippen LogP contribution in [-0.2, 0) is 35.1 Å². The van der Waals surface area contributed by atoms with Gasteiger partial charge in [0.25, 0.3) is 10.1 Å². The van der Waals surface area contributed by atoms with Gasteiger partial charge in [0.1, 0.15) is 31.0 Å². The fourth-order valence-electron chi connectivity index (χ4n) is 3.15. The van der Waals surface area contributed by atoms with Crippen LogP contribution in [0.25, 0.3) is 0 Å². The molecule has 1 heterocycles. The molecule has 0 aromatic heterocycles. The standard InChI is InChI=1S/C21H24O9S/c1-31(25,26)30-16(13-28-20(23)15-10-6-3-7-11-15)18-19(17(22)21(24)29-18)27-12-14-8-4-2-5-9-14/h2-11,16-19,21-22,24H,12-13H2,1H3/t16-,17?,18+,19-,21?/m0/s1. The topological polar surface area (TPSA) is 129 Å². The lowest BCUT2D eigenvalue weighted by molar-refractivity contribution is -0.147. The molecule has 1 saturated heterocycles. The van der Waals surface area contributed by atoms with Crippen LogP contribution in [0.4, 0.5) is 0 Å². The van der Waals surface area contributed by atoms with E-state index in [1.54, 1.807) is 42.5 Å². The van der Waals surface area contributed by atoms with E-state index >= 15 is 0 Å². The van der Waals surface area contributed by atoms with E-state index in [0.717, 1.165) is 11.8 Å². The number of benzene rings is 2. The van der Waals surface area contributed by atoms with Crippen LogP contribution in [0.2, 0.25) is 0 Å². The monoisotopic (exact) mass is 452 g/mol. The van der Waals surface area contributed by atoms with Crippen LogP contribution >= 0.6 is 0 Å². The molecule has 0 spiro atoms. The molecule has 1 aliphatic rings. The average molecular weight is 452 g/mol. The molecule has 0 bridgehead atoms. The van der Waals surface area contributed by atoms with Crippen molar-refractivity contribution in [3.05, 3.63) is 71.8 Å². The van der Waals surface area contributed by atoms with E-state index in [1.807, 2.05) is 18.2 Å². The van der Waals surface area contributed by atoms with Crippen molar-refractivity contribution in [2.45, 2.75) is 37.3 Å². The van der Waals surface area contributed by atoms with Gasteiger partial charge in [-0.3, -0.25) is 4.18 Å². The molecular weight excluding hydrogens is 428 g/mol. The lowest BCUT2D eigenvalue weighted by atomic mass is 10.1. The third kappa shape index (κ3) is 6.57. The molecular formula is C21H24O9S. The highest BCUT2D eigenvalue weighted by molar-refractivity contribution is 7.86. The molecule has 1 fully saturated rings. The van der Waals surface area contributed by atoms with Crippen LogP contribution < -0.4 is 0 Å². The molecule has 9 nitrogen and oxygen atoms in total. The van der Waals surface area contributed by atoms with Crippen LogP contribution in [0.5, 0.6) is 0 Å². The number of hydrogen-bond donors (Lipinski definition) is 2. The van der Waals surface area contributed by atoms with Crippen molar-refractivity contribution in [3.63, 3.8) is 0 Å². The maximum absolute atomic E-state index is 12.3. The second-order valence-corrected chi connectivity index (χ2v) is 8.65. The summed E-state index contributed by atoms with van der Waals surface area (Å²) in [4.78, 5) is 12.3. The number of rotatable bonds is 9. The fourth-order valence-corrected chi connectivity index (χ4v) is 3.77. The number of ether oxygens (including phenoxy) is 3. The molecule has 2 aromatic carbocycles. The van der Waals surface area contributed by atoms with Crippen molar-refractivity contribution in [3.8, 4) is 0 Å². The molecule has 2 aromatic rings. The highest BCUT2D eigenvalue weighted by Crippen LogP contribution is 2.28. The molecule has 10 heteroatoms. The van der Waals surface area contributed by atoms with E-state index in [2.05, 4.69) is 0 Å². The van der Waals surface area contributed by atoms with Crippen molar-refractivity contribution >= 4 is 16.1 Å². The Morgan fingerprint density at radius 2 is 1.68 bits per heavy atom. The maximum Gasteiger partial charge on any atom is 0.338 e. The lowest BCUT2D eigenvalue weighted by Gasteiger charge is -2.27. The number of esters is 1. The van der Waals surface area contributed by atoms with E-state index < -0.39 is 53.4 Å². The maximum atomic E-state index is 12.3. The van der Waals surface area contributed by atoms with Crippen LogP contribution in [0, 0.1) is 0 Å². The van der Waals surface area contributed by atoms with Gasteiger partial charge in [-0.15, -0.1) is 0 Å². The first-order chi connectivity index (χ1) is 14.7. The summed E-state index contributed by atoms with van der Waals surface area (Å²) in [5, 5.41) is 20.3. The van der Waals surface area contributed by atoms with Crippen molar-refractivity contribution in [1.82, 2.24) is 0 Å². The van der Waals surface area contributed by atoms with E-state index in [1.165, 1.54) is 0 Å². The molecule has 5 atom stereocenters. The van der Waals surface area contributed by atoms with Gasteiger partial charge in [-0.25, -0.2) is 4.79 Å². The smallest absolute Gasteiger partial charge is 0.338 e. The molecule has 0 aliphatic carbocycles. The third-order valence-electron chi connectivity index (χ3n) is 4.59. The molecule has 3 rings (SSSR count). The van der Waals surface area contributed by atoms with Gasteiger partial charge in [-0.2, -0.15) is 8.42 Å². The van der Waals surface area contributed by atoms with E-state index in [0.29, 0.717) is 0 Å². The van der Waals surface area contributed by atoms with Crippen LogP contribution in [0.3, 0.4) is 0 Å². The van der Waals surface area contributed by atoms with Gasteiger partial charge in [0.05, 0.1) is 18.4 Å². The highest BCUT2D eigenvalue weighted by Gasteiger charge is 2.49. The van der Waals surface area contributed by atoms with Gasteiger partial charge in [-0.05, 0) is 17.7 Å². The molecule has 168 valence electrons. The van der Waals surface area contributed by atoms with Gasteiger partial charge in [-0.1, -0.05) is 48.5 Å². The third-order valence-corrected chi connectivity index (χ3v) is 5.18. The molecule has 31 heavy (non-hydrogen) atoms. The zero-order chi connectivity index (χ0) is 22.4. The van der Waals surface area contributed by atoms with Crippen LogP contribution in [0.15, 0.2) is 60.7 Å². The largest absolute Gasteiger partial charge is 0.459 e. The first kappa shape index (κ1) is 23.3. The molecule has 1 aliphatic heterocycles. The van der Waals surface area contributed by atoms with Crippen molar-refractivity contribution < 1.29 is 41.8 Å². The van der Waals surface area contributed by atoms with E-state index in [9.17, 15) is 23.4 Å². The van der Waals surface area contributed by atoms with Crippen molar-refractivity contribution in [2.75, 3.05) is 12.9 Å². The average Bonchev–Trinajstić information content (AvgIpc) is 3.03. The Labute approximate surface area is 180 Å². The lowest BCUT2D eigenvalue weighted by Crippen LogP contribution is -2.45. The Morgan fingerprint density at radius 3 is 2.29 bits per heavy atom. The second-order valence-electron chi connectivity index (χ2n) is 7.05. The number of hydrogen-bond acceptors (Lipinski definition) is 9. The summed E-state index contributed by atoms with van der Waals surface area (Å²) in [6, 6.07) is 17.2. The molecule has 0 radical (unpaired) electrons. The van der Waals surface area contributed by atoms with Crippen LogP contribution in [-0.4, -0.2) is 68.2 Å². The Hall–Kier alpha value is -2.34. The summed E-state index contributed by atoms with van der Waals surface area (Å²) < 4.78 is 44.9. The predicted molar refractivity (Wildman–Crippen MR) is 108 cm³/mol. The summed E-state index contributed by atoms with van der Waals surface area (Å²) in [5.41, 5.74) is 1.07. The van der Waals surface area contributed by atoms with E-state index in [-0.39, 0.29) is 12.2 Å². The van der Waals surface area contributed by atoms with Gasteiger partial charge in [0, 0.05) is 0 Å². The predicted octanol–water partition coefficient (Wildman–Crippen LogP) is 0.852. The second kappa shape index (κ2) is 10.3. The number of aliphatic hydroxyl groups excluding tert-OH is 2. The van der Waals surface area contributed by atoms with Gasteiger partial charge in [0.2, 0.25) is 0 Å². The summed E-state index contributed by atoms with van der Waals surface area (Å²) in [6.45, 7) is -0.430. The van der Waals surface area contributed by atoms with Crippen LogP contribution in [0.1, 0.15) is 15.9 Å². The van der Waals surface area contributed by atoms with Gasteiger partial charge in [0.15, 0.2) is 6.29 Å². The quantitative estimate of drug-likeness (QED) is 0.420. The Morgan fingerprint density at radius 1 is 1.06 bits per heavy atom. The number of aliphatic hydroxyl groups is 2. The summed E-state index contributed by atoms with van der Waals surface area (Å²) in [5.74, 6) is -0.691. The first-order valence-corrected chi connectivity index (χ1v) is 11.3. The summed E-state index contributed by atoms with van der Waals surface area (Å²) in [7, 11) is -3.99. The van der Waals surface area contributed by atoms with E-state index in [4.69, 9.17) is 18.4 Å². The normalized spacial score (nSPS) is 24.6. The number of carbonyl (C=O) groups excluding carboxylic acids is 1. The van der Waals surface area contributed by atoms with Gasteiger partial charge >= 0.3 is 5.97 Å². The zero-order valence-electron chi connectivity index (χ0n) is 16.7. The minimum atomic E-state index is -3.99. The van der Waals surface area contributed by atoms with Crippen molar-refractivity contribution in [2.24, 2.45) is 0 Å².